The highest BCUT2D eigenvalue weighted by Gasteiger charge is 2.39. The number of nitrogens with zero attached hydrogens (tertiary/aromatic N) is 1. The first-order chi connectivity index (χ1) is 12.1. The lowest BCUT2D eigenvalue weighted by atomic mass is 9.97. The van der Waals surface area contributed by atoms with Gasteiger partial charge in [0.25, 0.3) is 0 Å². The van der Waals surface area contributed by atoms with Crippen LogP contribution < -0.4 is 0 Å². The van der Waals surface area contributed by atoms with Crippen molar-refractivity contribution < 1.29 is 13.5 Å². The first kappa shape index (κ1) is 19.3. The Morgan fingerprint density at radius 3 is 1.69 bits per heavy atom. The summed E-state index contributed by atoms with van der Waals surface area (Å²) >= 11 is 0. The quantitative estimate of drug-likeness (QED) is 0.731. The van der Waals surface area contributed by atoms with E-state index in [4.69, 9.17) is 4.74 Å². The van der Waals surface area contributed by atoms with E-state index >= 15 is 0 Å². The standard InChI is InChI=1S/C21H23F2NO.ClH/c1-24-18-10-11-19(24)13-20(12-18)25-21(14-2-6-16(22)7-3-14)15-4-8-17(23)9-5-15;/h2-9,18-21H,10-13H2,1H3;1H. The van der Waals surface area contributed by atoms with E-state index in [0.717, 1.165) is 24.0 Å². The first-order valence-corrected chi connectivity index (χ1v) is 8.98. The number of benzene rings is 2. The monoisotopic (exact) mass is 379 g/mol. The van der Waals surface area contributed by atoms with E-state index in [1.807, 2.05) is 0 Å². The highest BCUT2D eigenvalue weighted by Crippen LogP contribution is 2.38. The van der Waals surface area contributed by atoms with Gasteiger partial charge in [-0.3, -0.25) is 0 Å². The molecule has 0 spiro atoms. The number of rotatable bonds is 4. The lowest BCUT2D eigenvalue weighted by Gasteiger charge is -2.38. The second kappa shape index (κ2) is 8.03. The molecule has 0 N–H and O–H groups in total. The summed E-state index contributed by atoms with van der Waals surface area (Å²) in [5.74, 6) is -0.530. The number of hydrogen-bond donors (Lipinski definition) is 0. The maximum absolute atomic E-state index is 13.3. The molecule has 0 aliphatic carbocycles. The molecule has 2 saturated heterocycles. The Labute approximate surface area is 159 Å². The summed E-state index contributed by atoms with van der Waals surface area (Å²) in [6.07, 6.45) is 4.39. The van der Waals surface area contributed by atoms with Crippen molar-refractivity contribution >= 4 is 12.4 Å². The van der Waals surface area contributed by atoms with Crippen LogP contribution in [0.1, 0.15) is 42.9 Å². The fraction of sp³-hybridized carbons (Fsp3) is 0.429. The van der Waals surface area contributed by atoms with Crippen molar-refractivity contribution in [3.63, 3.8) is 0 Å². The molecule has 5 heteroatoms. The number of halogens is 3. The van der Waals surface area contributed by atoms with E-state index < -0.39 is 0 Å². The van der Waals surface area contributed by atoms with E-state index in [0.29, 0.717) is 12.1 Å². The Bertz CT molecular complexity index is 662. The topological polar surface area (TPSA) is 12.5 Å². The maximum Gasteiger partial charge on any atom is 0.123 e. The van der Waals surface area contributed by atoms with Gasteiger partial charge >= 0.3 is 0 Å². The Morgan fingerprint density at radius 2 is 1.27 bits per heavy atom. The minimum absolute atomic E-state index is 0. The molecule has 2 fully saturated rings. The van der Waals surface area contributed by atoms with Crippen LogP contribution in [0.25, 0.3) is 0 Å². The van der Waals surface area contributed by atoms with Gasteiger partial charge in [0.1, 0.15) is 17.7 Å². The van der Waals surface area contributed by atoms with Crippen molar-refractivity contribution in [2.75, 3.05) is 7.05 Å². The molecule has 2 aromatic rings. The second-order valence-electron chi connectivity index (χ2n) is 7.26. The van der Waals surface area contributed by atoms with Gasteiger partial charge in [-0.25, -0.2) is 8.78 Å². The number of fused-ring (bicyclic) bond motifs is 2. The van der Waals surface area contributed by atoms with Crippen LogP contribution in [0.4, 0.5) is 8.78 Å². The van der Waals surface area contributed by atoms with Crippen LogP contribution in [0.3, 0.4) is 0 Å². The maximum atomic E-state index is 13.3. The molecule has 0 amide bonds. The van der Waals surface area contributed by atoms with Crippen molar-refractivity contribution in [3.8, 4) is 0 Å². The molecule has 2 aliphatic rings. The Hall–Kier alpha value is -1.49. The average molecular weight is 380 g/mol. The zero-order chi connectivity index (χ0) is 17.4. The third-order valence-electron chi connectivity index (χ3n) is 5.73. The molecule has 2 heterocycles. The lowest BCUT2D eigenvalue weighted by Crippen LogP contribution is -2.43. The van der Waals surface area contributed by atoms with Crippen molar-refractivity contribution in [3.05, 3.63) is 71.3 Å². The third-order valence-corrected chi connectivity index (χ3v) is 5.73. The van der Waals surface area contributed by atoms with Crippen molar-refractivity contribution in [1.29, 1.82) is 0 Å². The Morgan fingerprint density at radius 1 is 0.846 bits per heavy atom. The van der Waals surface area contributed by atoms with Crippen LogP contribution in [0.15, 0.2) is 48.5 Å². The zero-order valence-electron chi connectivity index (χ0n) is 14.8. The van der Waals surface area contributed by atoms with Crippen molar-refractivity contribution in [2.45, 2.75) is 50.0 Å². The molecule has 0 radical (unpaired) electrons. The summed E-state index contributed by atoms with van der Waals surface area (Å²) in [5.41, 5.74) is 1.80. The molecule has 0 aromatic heterocycles. The van der Waals surface area contributed by atoms with Crippen LogP contribution in [-0.2, 0) is 4.74 Å². The van der Waals surface area contributed by atoms with Crippen LogP contribution >= 0.6 is 12.4 Å². The predicted molar refractivity (Wildman–Crippen MR) is 101 cm³/mol. The average Bonchev–Trinajstić information content (AvgIpc) is 2.83. The van der Waals surface area contributed by atoms with E-state index in [1.54, 1.807) is 24.3 Å². The molecular formula is C21H24ClF2NO. The van der Waals surface area contributed by atoms with Gasteiger partial charge in [0.05, 0.1) is 6.10 Å². The smallest absolute Gasteiger partial charge is 0.123 e. The number of hydrogen-bond acceptors (Lipinski definition) is 2. The summed E-state index contributed by atoms with van der Waals surface area (Å²) in [6, 6.07) is 14.0. The van der Waals surface area contributed by atoms with Crippen molar-refractivity contribution in [1.82, 2.24) is 4.90 Å². The summed E-state index contributed by atoms with van der Waals surface area (Å²) in [6.45, 7) is 0. The predicted octanol–water partition coefficient (Wildman–Crippen LogP) is 5.12. The summed E-state index contributed by atoms with van der Waals surface area (Å²) in [5, 5.41) is 0. The molecular weight excluding hydrogens is 356 g/mol. The Kier molecular flexibility index (Phi) is 5.96. The fourth-order valence-electron chi connectivity index (χ4n) is 4.29. The molecule has 2 bridgehead atoms. The van der Waals surface area contributed by atoms with E-state index in [2.05, 4.69) is 11.9 Å². The van der Waals surface area contributed by atoms with Gasteiger partial charge in [0.2, 0.25) is 0 Å². The summed E-state index contributed by atoms with van der Waals surface area (Å²) < 4.78 is 33.1. The molecule has 4 rings (SSSR count). The van der Waals surface area contributed by atoms with Gasteiger partial charge < -0.3 is 9.64 Å². The number of piperidine rings is 1. The highest BCUT2D eigenvalue weighted by molar-refractivity contribution is 5.85. The SMILES string of the molecule is CN1C2CCC1CC(OC(c1ccc(F)cc1)c1ccc(F)cc1)C2.Cl. The summed E-state index contributed by atoms with van der Waals surface area (Å²) in [7, 11) is 2.20. The molecule has 2 aliphatic heterocycles. The van der Waals surface area contributed by atoms with E-state index in [9.17, 15) is 8.78 Å². The lowest BCUT2D eigenvalue weighted by molar-refractivity contribution is -0.0426. The summed E-state index contributed by atoms with van der Waals surface area (Å²) in [4.78, 5) is 2.48. The number of ether oxygens (including phenoxy) is 1. The van der Waals surface area contributed by atoms with Crippen LogP contribution in [0.2, 0.25) is 0 Å². The van der Waals surface area contributed by atoms with Crippen molar-refractivity contribution in [2.24, 2.45) is 0 Å². The normalized spacial score (nSPS) is 25.3. The van der Waals surface area contributed by atoms with Gasteiger partial charge in [0, 0.05) is 12.1 Å². The van der Waals surface area contributed by atoms with Gasteiger partial charge in [-0.15, -0.1) is 12.4 Å². The molecule has 0 saturated carbocycles. The molecule has 140 valence electrons. The van der Waals surface area contributed by atoms with E-state index in [-0.39, 0.29) is 36.2 Å². The molecule has 2 unspecified atom stereocenters. The largest absolute Gasteiger partial charge is 0.365 e. The van der Waals surface area contributed by atoms with Gasteiger partial charge in [-0.05, 0) is 68.1 Å². The van der Waals surface area contributed by atoms with Gasteiger partial charge in [-0.1, -0.05) is 24.3 Å². The van der Waals surface area contributed by atoms with Crippen LogP contribution in [-0.4, -0.2) is 30.1 Å². The minimum atomic E-state index is -0.297. The third kappa shape index (κ3) is 3.93. The van der Waals surface area contributed by atoms with Crippen LogP contribution in [0.5, 0.6) is 0 Å². The fourth-order valence-corrected chi connectivity index (χ4v) is 4.29. The molecule has 2 atom stereocenters. The van der Waals surface area contributed by atoms with E-state index in [1.165, 1.54) is 37.1 Å². The molecule has 2 aromatic carbocycles. The van der Waals surface area contributed by atoms with Gasteiger partial charge in [0.15, 0.2) is 0 Å². The first-order valence-electron chi connectivity index (χ1n) is 8.98. The molecule has 2 nitrogen and oxygen atoms in total. The second-order valence-corrected chi connectivity index (χ2v) is 7.26. The van der Waals surface area contributed by atoms with Crippen LogP contribution in [0, 0.1) is 11.6 Å². The molecule has 26 heavy (non-hydrogen) atoms. The Balaban J connectivity index is 0.00000196. The zero-order valence-corrected chi connectivity index (χ0v) is 15.6. The minimum Gasteiger partial charge on any atom is -0.365 e. The highest BCUT2D eigenvalue weighted by atomic mass is 35.5. The van der Waals surface area contributed by atoms with Gasteiger partial charge in [-0.2, -0.15) is 0 Å².